The molecule has 8 atom stereocenters. The fourth-order valence-electron chi connectivity index (χ4n) is 4.25. The third-order valence-electron chi connectivity index (χ3n) is 5.66. The lowest BCUT2D eigenvalue weighted by atomic mass is 9.85. The number of nitro groups is 2. The van der Waals surface area contributed by atoms with Crippen molar-refractivity contribution in [2.75, 3.05) is 6.61 Å². The second-order valence-corrected chi connectivity index (χ2v) is 8.32. The smallest absolute Gasteiger partial charge is 0.303 e. The Morgan fingerprint density at radius 1 is 1.06 bits per heavy atom. The van der Waals surface area contributed by atoms with E-state index in [4.69, 9.17) is 18.9 Å². The van der Waals surface area contributed by atoms with Gasteiger partial charge in [0.15, 0.2) is 18.4 Å². The molecule has 2 rings (SSSR count). The van der Waals surface area contributed by atoms with Crippen LogP contribution in [0.5, 0.6) is 0 Å². The lowest BCUT2D eigenvalue weighted by molar-refractivity contribution is -0.570. The maximum atomic E-state index is 11.9. The summed E-state index contributed by atoms with van der Waals surface area (Å²) in [6, 6.07) is -4.42. The van der Waals surface area contributed by atoms with Crippen molar-refractivity contribution >= 4 is 35.3 Å². The number of hydrogen-bond acceptors (Lipinski definition) is 14. The Hall–Kier alpha value is -3.07. The Kier molecular flexibility index (Phi) is 10.1. The van der Waals surface area contributed by atoms with Gasteiger partial charge in [-0.3, -0.25) is 39.9 Å². The predicted octanol–water partition coefficient (Wildman–Crippen LogP) is 0.0419. The van der Waals surface area contributed by atoms with E-state index in [1.54, 1.807) is 0 Å². The highest BCUT2D eigenvalue weighted by Gasteiger charge is 2.53. The first-order valence-corrected chi connectivity index (χ1v) is 11.1. The molecule has 1 aliphatic carbocycles. The molecule has 0 aromatic carbocycles. The molecule has 0 spiro atoms. The summed E-state index contributed by atoms with van der Waals surface area (Å²) in [6.07, 6.45) is -5.11. The van der Waals surface area contributed by atoms with Crippen LogP contribution in [0.1, 0.15) is 40.0 Å². The molecule has 194 valence electrons. The highest BCUT2D eigenvalue weighted by molar-refractivity contribution is 7.78. The summed E-state index contributed by atoms with van der Waals surface area (Å²) in [5, 5.41) is 28.0. The van der Waals surface area contributed by atoms with Crippen LogP contribution in [0.25, 0.3) is 0 Å². The zero-order valence-corrected chi connectivity index (χ0v) is 20.0. The monoisotopic (exact) mass is 518 g/mol. The van der Waals surface area contributed by atoms with Gasteiger partial charge >= 0.3 is 17.9 Å². The molecule has 0 unspecified atom stereocenters. The Labute approximate surface area is 204 Å². The molecule has 0 aromatic rings. The van der Waals surface area contributed by atoms with Crippen molar-refractivity contribution in [3.8, 4) is 0 Å². The van der Waals surface area contributed by atoms with Gasteiger partial charge in [0.05, 0.1) is 23.7 Å². The maximum Gasteiger partial charge on any atom is 0.303 e. The molecule has 1 aliphatic heterocycles. The average Bonchev–Trinajstić information content (AvgIpc) is 2.75. The summed E-state index contributed by atoms with van der Waals surface area (Å²) in [5.74, 6) is -2.17. The van der Waals surface area contributed by atoms with Crippen molar-refractivity contribution in [1.29, 1.82) is 0 Å². The molecule has 1 saturated heterocycles. The van der Waals surface area contributed by atoms with Gasteiger partial charge in [-0.2, -0.15) is 4.99 Å². The number of ether oxygens (including phenoxy) is 4. The number of carbonyl (C=O) groups excluding carboxylic acids is 3. The number of hydrogen-bond donors (Lipinski definition) is 1. The van der Waals surface area contributed by atoms with Crippen molar-refractivity contribution in [1.82, 2.24) is 5.32 Å². The van der Waals surface area contributed by atoms with Gasteiger partial charge in [0, 0.05) is 37.0 Å². The SMILES string of the molecule is CC(=O)OC[C@@H]1O[C@H](N=C=S)[C@H](N[C@@H]2CC[C@@H]([N+](=O)[O-])C[C@@H]2[N+](=O)[O-])[C@@H](OC(C)=O)[C@@H]1OC(C)=O. The van der Waals surface area contributed by atoms with E-state index in [0.29, 0.717) is 0 Å². The molecule has 1 saturated carbocycles. The van der Waals surface area contributed by atoms with Crippen LogP contribution in [0.15, 0.2) is 4.99 Å². The number of thiocarbonyl (C=S) groups is 1. The van der Waals surface area contributed by atoms with Crippen LogP contribution in [-0.2, 0) is 33.3 Å². The van der Waals surface area contributed by atoms with Gasteiger partial charge in [-0.25, -0.2) is 0 Å². The molecule has 35 heavy (non-hydrogen) atoms. The minimum Gasteiger partial charge on any atom is -0.463 e. The molecule has 2 fully saturated rings. The molecule has 0 amide bonds. The first kappa shape index (κ1) is 28.2. The van der Waals surface area contributed by atoms with Crippen LogP contribution in [0.3, 0.4) is 0 Å². The van der Waals surface area contributed by atoms with Crippen molar-refractivity contribution in [2.24, 2.45) is 4.99 Å². The summed E-state index contributed by atoms with van der Waals surface area (Å²) in [7, 11) is 0. The molecule has 1 heterocycles. The lowest BCUT2D eigenvalue weighted by Crippen LogP contribution is -2.68. The van der Waals surface area contributed by atoms with Crippen LogP contribution in [-0.4, -0.2) is 88.2 Å². The lowest BCUT2D eigenvalue weighted by Gasteiger charge is -2.45. The zero-order valence-electron chi connectivity index (χ0n) is 19.2. The minimum absolute atomic E-state index is 0.0592. The quantitative estimate of drug-likeness (QED) is 0.107. The third kappa shape index (κ3) is 7.71. The third-order valence-corrected chi connectivity index (χ3v) is 5.77. The molecule has 0 aromatic heterocycles. The van der Waals surface area contributed by atoms with E-state index in [1.165, 1.54) is 0 Å². The van der Waals surface area contributed by atoms with Gasteiger partial charge in [-0.1, -0.05) is 0 Å². The Bertz CT molecular complexity index is 896. The second-order valence-electron chi connectivity index (χ2n) is 8.14. The molecule has 16 heteroatoms. The standard InChI is InChI=1S/C19H26N4O11S/c1-9(24)31-7-15-17(32-10(2)25)18(33-11(3)26)16(19(34-15)20-8-35)21-13-5-4-12(22(27)28)6-14(13)23(29)30/h12-19,21H,4-7H2,1-3H3/t12-,13-,14+,15+,16-,17-,18-,19+/m1/s1. The molecule has 1 N–H and O–H groups in total. The summed E-state index contributed by atoms with van der Waals surface area (Å²) in [6.45, 7) is 2.99. The average molecular weight is 519 g/mol. The fraction of sp³-hybridized carbons (Fsp3) is 0.789. The van der Waals surface area contributed by atoms with Crippen LogP contribution >= 0.6 is 12.2 Å². The van der Waals surface area contributed by atoms with E-state index in [9.17, 15) is 34.6 Å². The van der Waals surface area contributed by atoms with E-state index in [2.05, 4.69) is 27.7 Å². The van der Waals surface area contributed by atoms with E-state index >= 15 is 0 Å². The Morgan fingerprint density at radius 2 is 1.69 bits per heavy atom. The van der Waals surface area contributed by atoms with E-state index in [1.807, 2.05) is 0 Å². The van der Waals surface area contributed by atoms with Crippen molar-refractivity contribution in [2.45, 2.75) is 88.7 Å². The first-order chi connectivity index (χ1) is 16.4. The minimum atomic E-state index is -1.33. The normalized spacial score (nSPS) is 32.4. The summed E-state index contributed by atoms with van der Waals surface area (Å²) < 4.78 is 21.6. The zero-order chi connectivity index (χ0) is 26.3. The number of isothiocyanates is 1. The van der Waals surface area contributed by atoms with E-state index in [-0.39, 0.29) is 25.9 Å². The molecule has 15 nitrogen and oxygen atoms in total. The van der Waals surface area contributed by atoms with Gasteiger partial charge in [0.25, 0.3) is 0 Å². The number of carbonyl (C=O) groups is 3. The Balaban J connectivity index is 2.43. The van der Waals surface area contributed by atoms with Crippen molar-refractivity contribution < 1.29 is 43.2 Å². The van der Waals surface area contributed by atoms with Gasteiger partial charge in [-0.05, 0) is 18.6 Å². The largest absolute Gasteiger partial charge is 0.463 e. The summed E-state index contributed by atoms with van der Waals surface area (Å²) in [4.78, 5) is 60.8. The molecule has 2 aliphatic rings. The summed E-state index contributed by atoms with van der Waals surface area (Å²) in [5.41, 5.74) is 0. The van der Waals surface area contributed by atoms with Crippen LogP contribution in [0.4, 0.5) is 0 Å². The molecular formula is C19H26N4O11S. The number of rotatable bonds is 9. The van der Waals surface area contributed by atoms with Crippen molar-refractivity contribution in [3.05, 3.63) is 20.2 Å². The molecule has 0 radical (unpaired) electrons. The number of aliphatic imine (C=N–C) groups is 1. The van der Waals surface area contributed by atoms with Gasteiger partial charge in [0.1, 0.15) is 12.7 Å². The van der Waals surface area contributed by atoms with Gasteiger partial charge in [0.2, 0.25) is 12.1 Å². The Morgan fingerprint density at radius 3 is 2.20 bits per heavy atom. The topological polar surface area (TPSA) is 199 Å². The first-order valence-electron chi connectivity index (χ1n) is 10.7. The number of nitrogens with one attached hydrogen (secondary N) is 1. The maximum absolute atomic E-state index is 11.9. The van der Waals surface area contributed by atoms with E-state index in [0.717, 1.165) is 20.8 Å². The highest BCUT2D eigenvalue weighted by atomic mass is 32.1. The van der Waals surface area contributed by atoms with E-state index < -0.39 is 76.5 Å². The van der Waals surface area contributed by atoms with Crippen LogP contribution < -0.4 is 5.32 Å². The molecular weight excluding hydrogens is 492 g/mol. The number of nitrogens with zero attached hydrogens (tertiary/aromatic N) is 3. The second kappa shape index (κ2) is 12.6. The fourth-order valence-corrected chi connectivity index (χ4v) is 4.35. The highest BCUT2D eigenvalue weighted by Crippen LogP contribution is 2.30. The van der Waals surface area contributed by atoms with Gasteiger partial charge < -0.3 is 18.9 Å². The predicted molar refractivity (Wildman–Crippen MR) is 118 cm³/mol. The van der Waals surface area contributed by atoms with Gasteiger partial charge in [-0.15, -0.1) is 0 Å². The van der Waals surface area contributed by atoms with Crippen LogP contribution in [0.2, 0.25) is 0 Å². The summed E-state index contributed by atoms with van der Waals surface area (Å²) >= 11 is 4.68. The number of esters is 3. The molecule has 0 bridgehead atoms. The van der Waals surface area contributed by atoms with Crippen molar-refractivity contribution in [3.63, 3.8) is 0 Å². The van der Waals surface area contributed by atoms with Crippen LogP contribution in [0, 0.1) is 20.2 Å².